The zero-order valence-corrected chi connectivity index (χ0v) is 17.1. The van der Waals surface area contributed by atoms with Gasteiger partial charge in [0.1, 0.15) is 6.33 Å². The molecule has 5 rings (SSSR count). The molecule has 1 spiro atoms. The van der Waals surface area contributed by atoms with Crippen LogP contribution in [0.15, 0.2) is 60.0 Å². The van der Waals surface area contributed by atoms with E-state index < -0.39 is 5.72 Å². The van der Waals surface area contributed by atoms with Crippen molar-refractivity contribution in [3.63, 3.8) is 0 Å². The summed E-state index contributed by atoms with van der Waals surface area (Å²) in [5, 5.41) is 7.09. The summed E-state index contributed by atoms with van der Waals surface area (Å²) in [5.41, 5.74) is 1.49. The fourth-order valence-electron chi connectivity index (χ4n) is 4.11. The van der Waals surface area contributed by atoms with Crippen molar-refractivity contribution in [1.82, 2.24) is 15.2 Å². The van der Waals surface area contributed by atoms with Crippen LogP contribution in [0.5, 0.6) is 0 Å². The average Bonchev–Trinajstić information content (AvgIpc) is 3.38. The second kappa shape index (κ2) is 7.26. The second-order valence-electron chi connectivity index (χ2n) is 6.94. The van der Waals surface area contributed by atoms with Crippen molar-refractivity contribution < 1.29 is 14.3 Å². The molecule has 3 heterocycles. The molecule has 2 aromatic carbocycles. The van der Waals surface area contributed by atoms with E-state index in [0.29, 0.717) is 23.0 Å². The van der Waals surface area contributed by atoms with Gasteiger partial charge < -0.3 is 9.64 Å². The highest BCUT2D eigenvalue weighted by atomic mass is 32.2. The zero-order valence-electron chi connectivity index (χ0n) is 16.2. The van der Waals surface area contributed by atoms with Gasteiger partial charge in [-0.25, -0.2) is 4.98 Å². The topological polar surface area (TPSA) is 91.4 Å². The number of benzene rings is 2. The molecule has 2 amide bonds. The highest BCUT2D eigenvalue weighted by Crippen LogP contribution is 2.50. The SMILES string of the molecule is CCN1C(=O)[C@]2(OCc3ccccc3N2C(=O)CSc2ncn[nH]2)c2ccccc21. The van der Waals surface area contributed by atoms with Crippen LogP contribution in [0.4, 0.5) is 11.4 Å². The number of fused-ring (bicyclic) bond motifs is 3. The van der Waals surface area contributed by atoms with Crippen LogP contribution in [-0.4, -0.2) is 39.3 Å². The molecule has 0 radical (unpaired) electrons. The molecule has 0 bridgehead atoms. The third-order valence-electron chi connectivity index (χ3n) is 5.37. The lowest BCUT2D eigenvalue weighted by Gasteiger charge is -2.43. The number of ether oxygens (including phenoxy) is 1. The summed E-state index contributed by atoms with van der Waals surface area (Å²) < 4.78 is 6.26. The molecule has 1 N–H and O–H groups in total. The van der Waals surface area contributed by atoms with E-state index in [1.165, 1.54) is 23.0 Å². The summed E-state index contributed by atoms with van der Waals surface area (Å²) in [6, 6.07) is 15.0. The zero-order chi connectivity index (χ0) is 20.7. The molecule has 3 aromatic rings. The number of hydrogen-bond donors (Lipinski definition) is 1. The number of para-hydroxylation sites is 2. The molecule has 1 atom stereocenters. The molecule has 0 aliphatic carbocycles. The Balaban J connectivity index is 1.64. The Labute approximate surface area is 177 Å². The molecular weight excluding hydrogens is 402 g/mol. The number of H-pyrrole nitrogens is 1. The first-order valence-electron chi connectivity index (χ1n) is 9.61. The van der Waals surface area contributed by atoms with Crippen LogP contribution in [-0.2, 0) is 26.7 Å². The lowest BCUT2D eigenvalue weighted by molar-refractivity contribution is -0.152. The minimum absolute atomic E-state index is 0.0796. The number of nitrogens with zero attached hydrogens (tertiary/aromatic N) is 4. The van der Waals surface area contributed by atoms with E-state index in [1.54, 1.807) is 4.90 Å². The Bertz CT molecular complexity index is 1120. The molecule has 0 unspecified atom stereocenters. The first-order valence-corrected chi connectivity index (χ1v) is 10.6. The molecule has 0 fully saturated rings. The number of thioether (sulfide) groups is 1. The van der Waals surface area contributed by atoms with Crippen LogP contribution in [0.25, 0.3) is 0 Å². The molecule has 9 heteroatoms. The minimum Gasteiger partial charge on any atom is -0.338 e. The number of carbonyl (C=O) groups is 2. The summed E-state index contributed by atoms with van der Waals surface area (Å²) in [6.45, 7) is 2.64. The van der Waals surface area contributed by atoms with Crippen molar-refractivity contribution in [2.24, 2.45) is 0 Å². The summed E-state index contributed by atoms with van der Waals surface area (Å²) in [4.78, 5) is 34.5. The van der Waals surface area contributed by atoms with E-state index in [0.717, 1.165) is 11.3 Å². The van der Waals surface area contributed by atoms with Gasteiger partial charge in [-0.3, -0.25) is 19.6 Å². The number of hydrogen-bond acceptors (Lipinski definition) is 6. The predicted octanol–water partition coefficient (Wildman–Crippen LogP) is 2.68. The smallest absolute Gasteiger partial charge is 0.286 e. The molecular formula is C21H19N5O3S. The highest BCUT2D eigenvalue weighted by molar-refractivity contribution is 7.99. The van der Waals surface area contributed by atoms with Crippen LogP contribution >= 0.6 is 11.8 Å². The average molecular weight is 421 g/mol. The van der Waals surface area contributed by atoms with Gasteiger partial charge in [0.2, 0.25) is 5.91 Å². The van der Waals surface area contributed by atoms with Gasteiger partial charge in [0.15, 0.2) is 5.16 Å². The van der Waals surface area contributed by atoms with Gasteiger partial charge in [-0.2, -0.15) is 5.10 Å². The van der Waals surface area contributed by atoms with Crippen molar-refractivity contribution in [2.75, 3.05) is 22.1 Å². The van der Waals surface area contributed by atoms with E-state index in [1.807, 2.05) is 55.5 Å². The summed E-state index contributed by atoms with van der Waals surface area (Å²) in [6.07, 6.45) is 1.39. The van der Waals surface area contributed by atoms with E-state index in [9.17, 15) is 9.59 Å². The van der Waals surface area contributed by atoms with E-state index >= 15 is 0 Å². The minimum atomic E-state index is -1.51. The maximum atomic E-state index is 13.7. The van der Waals surface area contributed by atoms with Crippen LogP contribution in [0.1, 0.15) is 18.1 Å². The Morgan fingerprint density at radius 2 is 1.97 bits per heavy atom. The van der Waals surface area contributed by atoms with Gasteiger partial charge in [-0.1, -0.05) is 48.2 Å². The lowest BCUT2D eigenvalue weighted by Crippen LogP contribution is -2.60. The predicted molar refractivity (Wildman–Crippen MR) is 112 cm³/mol. The highest BCUT2D eigenvalue weighted by Gasteiger charge is 2.59. The monoisotopic (exact) mass is 421 g/mol. The van der Waals surface area contributed by atoms with Crippen LogP contribution in [0, 0.1) is 0 Å². The van der Waals surface area contributed by atoms with E-state index in [2.05, 4.69) is 15.2 Å². The van der Waals surface area contributed by atoms with Crippen molar-refractivity contribution in [1.29, 1.82) is 0 Å². The van der Waals surface area contributed by atoms with E-state index in [4.69, 9.17) is 4.74 Å². The molecule has 1 aromatic heterocycles. The van der Waals surface area contributed by atoms with Crippen molar-refractivity contribution in [2.45, 2.75) is 24.4 Å². The maximum Gasteiger partial charge on any atom is 0.286 e. The first kappa shape index (κ1) is 18.8. The molecule has 2 aliphatic heterocycles. The Morgan fingerprint density at radius 1 is 1.20 bits per heavy atom. The molecule has 8 nitrogen and oxygen atoms in total. The van der Waals surface area contributed by atoms with Gasteiger partial charge >= 0.3 is 0 Å². The van der Waals surface area contributed by atoms with Crippen LogP contribution in [0.3, 0.4) is 0 Å². The number of anilines is 2. The molecule has 30 heavy (non-hydrogen) atoms. The van der Waals surface area contributed by atoms with Gasteiger partial charge in [-0.05, 0) is 19.1 Å². The summed E-state index contributed by atoms with van der Waals surface area (Å²) in [7, 11) is 0. The number of likely N-dealkylation sites (N-methyl/N-ethyl adjacent to an activating group) is 1. The summed E-state index contributed by atoms with van der Waals surface area (Å²) >= 11 is 1.23. The number of aromatic amines is 1. The lowest BCUT2D eigenvalue weighted by atomic mass is 9.97. The molecule has 152 valence electrons. The summed E-state index contributed by atoms with van der Waals surface area (Å²) in [5.74, 6) is -0.417. The van der Waals surface area contributed by atoms with Crippen molar-refractivity contribution in [3.05, 3.63) is 66.0 Å². The quantitative estimate of drug-likeness (QED) is 0.652. The largest absolute Gasteiger partial charge is 0.338 e. The second-order valence-corrected chi connectivity index (χ2v) is 7.90. The third kappa shape index (κ3) is 2.66. The van der Waals surface area contributed by atoms with Crippen molar-refractivity contribution >= 4 is 35.0 Å². The Hall–Kier alpha value is -3.17. The third-order valence-corrected chi connectivity index (χ3v) is 6.23. The number of amides is 2. The fourth-order valence-corrected chi connectivity index (χ4v) is 4.74. The number of rotatable bonds is 4. The number of carbonyl (C=O) groups excluding carboxylic acids is 2. The molecule has 0 saturated carbocycles. The van der Waals surface area contributed by atoms with Crippen LogP contribution < -0.4 is 9.80 Å². The Kier molecular flexibility index (Phi) is 4.56. The van der Waals surface area contributed by atoms with Crippen molar-refractivity contribution in [3.8, 4) is 0 Å². The van der Waals surface area contributed by atoms with Gasteiger partial charge in [0.05, 0.1) is 23.7 Å². The first-order chi connectivity index (χ1) is 14.7. The molecule has 0 saturated heterocycles. The maximum absolute atomic E-state index is 13.7. The molecule has 2 aliphatic rings. The fraction of sp³-hybridized carbons (Fsp3) is 0.238. The number of aromatic nitrogens is 3. The number of nitrogens with one attached hydrogen (secondary N) is 1. The standard InChI is InChI=1S/C21H19N5O3S/c1-2-25-17-10-6-4-8-15(17)21(19(25)28)26(16-9-5-3-7-14(16)11-29-21)18(27)12-30-20-22-13-23-24-20/h3-10,13H,2,11-12H2,1H3,(H,22,23,24)/t21-/m1/s1. The van der Waals surface area contributed by atoms with Gasteiger partial charge in [0, 0.05) is 17.7 Å². The van der Waals surface area contributed by atoms with Gasteiger partial charge in [0.25, 0.3) is 11.6 Å². The van der Waals surface area contributed by atoms with Gasteiger partial charge in [-0.15, -0.1) is 0 Å². The normalized spacial score (nSPS) is 19.8. The van der Waals surface area contributed by atoms with Crippen LogP contribution in [0.2, 0.25) is 0 Å². The van der Waals surface area contributed by atoms with E-state index in [-0.39, 0.29) is 24.2 Å². The Morgan fingerprint density at radius 3 is 2.73 bits per heavy atom.